The second-order valence-electron chi connectivity index (χ2n) is 6.89. The quantitative estimate of drug-likeness (QED) is 0.464. The van der Waals surface area contributed by atoms with Gasteiger partial charge in [-0.05, 0) is 56.0 Å². The summed E-state index contributed by atoms with van der Waals surface area (Å²) in [4.78, 5) is 5.15. The Morgan fingerprint density at radius 3 is 2.75 bits per heavy atom. The number of hydrogen-bond donors (Lipinski definition) is 3. The van der Waals surface area contributed by atoms with Crippen molar-refractivity contribution >= 4 is 40.3 Å². The first-order valence-corrected chi connectivity index (χ1v) is 10.2. The van der Waals surface area contributed by atoms with Crippen molar-refractivity contribution < 1.29 is 4.74 Å². The maximum Gasteiger partial charge on any atom is 0.153 e. The molecular weight excluding hydrogens is 392 g/mol. The predicted molar refractivity (Wildman–Crippen MR) is 120 cm³/mol. The Bertz CT molecular complexity index is 869. The van der Waals surface area contributed by atoms with E-state index in [2.05, 4.69) is 10.3 Å². The Labute approximate surface area is 176 Å². The normalized spacial score (nSPS) is 16.5. The number of halogens is 1. The Morgan fingerprint density at radius 1 is 1.25 bits per heavy atom. The van der Waals surface area contributed by atoms with Crippen LogP contribution in [0.5, 0.6) is 5.75 Å². The van der Waals surface area contributed by atoms with Crippen LogP contribution in [0.2, 0.25) is 5.02 Å². The van der Waals surface area contributed by atoms with Crippen LogP contribution in [0.15, 0.2) is 47.5 Å². The molecule has 7 heteroatoms. The van der Waals surface area contributed by atoms with Gasteiger partial charge in [-0.15, -0.1) is 0 Å². The molecule has 2 aromatic carbocycles. The van der Waals surface area contributed by atoms with Crippen LogP contribution < -0.4 is 21.5 Å². The number of nitrogens with one attached hydrogen (secondary N) is 1. The Kier molecular flexibility index (Phi) is 6.88. The topological polar surface area (TPSA) is 85.7 Å². The maximum atomic E-state index is 6.36. The van der Waals surface area contributed by atoms with Crippen molar-refractivity contribution in [1.29, 1.82) is 0 Å². The summed E-state index contributed by atoms with van der Waals surface area (Å²) >= 11 is 11.3. The first kappa shape index (κ1) is 20.6. The highest BCUT2D eigenvalue weighted by molar-refractivity contribution is 7.80. The van der Waals surface area contributed by atoms with Crippen molar-refractivity contribution in [1.82, 2.24) is 5.32 Å². The van der Waals surface area contributed by atoms with Crippen molar-refractivity contribution in [3.8, 4) is 5.75 Å². The smallest absolute Gasteiger partial charge is 0.153 e. The molecule has 5 nitrogen and oxygen atoms in total. The van der Waals surface area contributed by atoms with Gasteiger partial charge in [-0.1, -0.05) is 42.0 Å². The van der Waals surface area contributed by atoms with Crippen molar-refractivity contribution in [2.45, 2.75) is 38.3 Å². The van der Waals surface area contributed by atoms with Gasteiger partial charge in [0.15, 0.2) is 6.10 Å². The number of nitrogens with zero attached hydrogens (tertiary/aromatic N) is 1. The number of amidine groups is 1. The zero-order chi connectivity index (χ0) is 20.1. The second-order valence-corrected chi connectivity index (χ2v) is 7.73. The number of thiocarbonyl (C=S) groups is 1. The average molecular weight is 417 g/mol. The van der Waals surface area contributed by atoms with Gasteiger partial charge >= 0.3 is 0 Å². The molecular formula is C21H25ClN4OS. The fourth-order valence-electron chi connectivity index (χ4n) is 2.99. The predicted octanol–water partition coefficient (Wildman–Crippen LogP) is 4.25. The lowest BCUT2D eigenvalue weighted by molar-refractivity contribution is 0.281. The minimum Gasteiger partial charge on any atom is -0.481 e. The van der Waals surface area contributed by atoms with Crippen LogP contribution in [0.1, 0.15) is 43.4 Å². The summed E-state index contributed by atoms with van der Waals surface area (Å²) in [6.07, 6.45) is 2.66. The van der Waals surface area contributed by atoms with Gasteiger partial charge in [0.2, 0.25) is 0 Å². The van der Waals surface area contributed by atoms with E-state index in [4.69, 9.17) is 40.0 Å². The summed E-state index contributed by atoms with van der Waals surface area (Å²) in [6.45, 7) is 2.69. The highest BCUT2D eigenvalue weighted by Crippen LogP contribution is 2.34. The molecule has 0 amide bonds. The maximum absolute atomic E-state index is 6.36. The standard InChI is InChI=1S/C21H25ClN4OS/c1-13-20(24)26-18-12-15(7-10-19(18)27-13)17(23)4-2-3-11-25-21(28)14-5-8-16(22)9-6-14/h5-10,12-13,17H,2-4,11,23H2,1H3,(H2,24,26)(H,25,28). The number of unbranched alkanes of at least 4 members (excludes halogenated alkanes) is 1. The molecule has 0 saturated carbocycles. The van der Waals surface area contributed by atoms with E-state index < -0.39 is 0 Å². The van der Waals surface area contributed by atoms with E-state index in [9.17, 15) is 0 Å². The number of aliphatic imine (C=N–C) groups is 1. The third-order valence-corrected chi connectivity index (χ3v) is 5.35. The number of benzene rings is 2. The number of hydrogen-bond acceptors (Lipinski definition) is 5. The fourth-order valence-corrected chi connectivity index (χ4v) is 3.36. The van der Waals surface area contributed by atoms with Crippen molar-refractivity contribution in [3.05, 3.63) is 58.6 Å². The highest BCUT2D eigenvalue weighted by Gasteiger charge is 2.19. The molecule has 3 rings (SSSR count). The van der Waals surface area contributed by atoms with E-state index in [1.165, 1.54) is 0 Å². The van der Waals surface area contributed by atoms with Gasteiger partial charge in [0.1, 0.15) is 22.3 Å². The second kappa shape index (κ2) is 9.37. The molecule has 1 heterocycles. The molecule has 0 fully saturated rings. The molecule has 0 aliphatic carbocycles. The van der Waals surface area contributed by atoms with E-state index in [-0.39, 0.29) is 12.1 Å². The van der Waals surface area contributed by atoms with E-state index in [1.807, 2.05) is 49.4 Å². The lowest BCUT2D eigenvalue weighted by Crippen LogP contribution is -2.33. The molecule has 2 aromatic rings. The van der Waals surface area contributed by atoms with Crippen LogP contribution in [-0.4, -0.2) is 23.5 Å². The highest BCUT2D eigenvalue weighted by atomic mass is 35.5. The SMILES string of the molecule is CC1Oc2ccc(C(N)CCCCNC(=S)c3ccc(Cl)cc3)cc2N=C1N. The molecule has 5 N–H and O–H groups in total. The van der Waals surface area contributed by atoms with Crippen molar-refractivity contribution in [2.24, 2.45) is 16.5 Å². The molecule has 0 aromatic heterocycles. The number of ether oxygens (including phenoxy) is 1. The molecule has 1 aliphatic heterocycles. The largest absolute Gasteiger partial charge is 0.481 e. The van der Waals surface area contributed by atoms with Gasteiger partial charge in [-0.3, -0.25) is 0 Å². The lowest BCUT2D eigenvalue weighted by Gasteiger charge is -2.22. The number of nitrogens with two attached hydrogens (primary N) is 2. The van der Waals surface area contributed by atoms with Crippen LogP contribution in [0.4, 0.5) is 5.69 Å². The Hall–Kier alpha value is -2.15. The summed E-state index contributed by atoms with van der Waals surface area (Å²) < 4.78 is 5.73. The summed E-state index contributed by atoms with van der Waals surface area (Å²) in [7, 11) is 0. The van der Waals surface area contributed by atoms with E-state index >= 15 is 0 Å². The van der Waals surface area contributed by atoms with E-state index in [1.54, 1.807) is 0 Å². The summed E-state index contributed by atoms with van der Waals surface area (Å²) in [6, 6.07) is 13.4. The molecule has 0 bridgehead atoms. The van der Waals surface area contributed by atoms with E-state index in [0.29, 0.717) is 10.9 Å². The first-order chi connectivity index (χ1) is 13.4. The van der Waals surface area contributed by atoms with Crippen LogP contribution in [0.25, 0.3) is 0 Å². The fraction of sp³-hybridized carbons (Fsp3) is 0.333. The Morgan fingerprint density at radius 2 is 2.00 bits per heavy atom. The van der Waals surface area contributed by atoms with Gasteiger partial charge in [0.25, 0.3) is 0 Å². The van der Waals surface area contributed by atoms with Gasteiger partial charge < -0.3 is 21.5 Å². The van der Waals surface area contributed by atoms with Crippen molar-refractivity contribution in [3.63, 3.8) is 0 Å². The molecule has 2 unspecified atom stereocenters. The van der Waals surface area contributed by atoms with Gasteiger partial charge in [-0.2, -0.15) is 0 Å². The zero-order valence-corrected chi connectivity index (χ0v) is 17.4. The van der Waals surface area contributed by atoms with Crippen LogP contribution >= 0.6 is 23.8 Å². The zero-order valence-electron chi connectivity index (χ0n) is 15.8. The number of fused-ring (bicyclic) bond motifs is 1. The lowest BCUT2D eigenvalue weighted by atomic mass is 10.0. The molecule has 1 aliphatic rings. The van der Waals surface area contributed by atoms with Gasteiger partial charge in [-0.25, -0.2) is 4.99 Å². The molecule has 0 saturated heterocycles. The molecule has 2 atom stereocenters. The average Bonchev–Trinajstić information content (AvgIpc) is 2.68. The third kappa shape index (κ3) is 5.22. The molecule has 148 valence electrons. The third-order valence-electron chi connectivity index (χ3n) is 4.71. The minimum absolute atomic E-state index is 0.0516. The summed E-state index contributed by atoms with van der Waals surface area (Å²) in [5.41, 5.74) is 15.0. The van der Waals surface area contributed by atoms with Crippen LogP contribution in [0, 0.1) is 0 Å². The van der Waals surface area contributed by atoms with E-state index in [0.717, 1.165) is 53.4 Å². The number of rotatable bonds is 7. The monoisotopic (exact) mass is 416 g/mol. The van der Waals surface area contributed by atoms with Gasteiger partial charge in [0, 0.05) is 23.2 Å². The molecule has 28 heavy (non-hydrogen) atoms. The van der Waals surface area contributed by atoms with Crippen LogP contribution in [-0.2, 0) is 0 Å². The van der Waals surface area contributed by atoms with Gasteiger partial charge in [0.05, 0.1) is 0 Å². The van der Waals surface area contributed by atoms with Crippen molar-refractivity contribution in [2.75, 3.05) is 6.54 Å². The summed E-state index contributed by atoms with van der Waals surface area (Å²) in [5.74, 6) is 1.23. The summed E-state index contributed by atoms with van der Waals surface area (Å²) in [5, 5.41) is 3.99. The molecule has 0 radical (unpaired) electrons. The Balaban J connectivity index is 1.44. The van der Waals surface area contributed by atoms with Crippen LogP contribution in [0.3, 0.4) is 0 Å². The first-order valence-electron chi connectivity index (χ1n) is 9.38. The molecule has 0 spiro atoms. The minimum atomic E-state index is -0.196.